The standard InChI is InChI=1S/C28H54N6O8Si2/c1-8-37-43(38-9-2,39-10-3)20-14-16-32(17-15-21-44(40-11-4,41-12-5)42-13-6)18-19-34-24-26(30-31-34)23-33-22-25(7)27(35)29-28(33)36/h22,24H,8-21,23H2,1-7H3,(H,29,35,36). The summed E-state index contributed by atoms with van der Waals surface area (Å²) in [5.41, 5.74) is 0.231. The molecule has 2 aromatic rings. The van der Waals surface area contributed by atoms with Gasteiger partial charge >= 0.3 is 23.3 Å². The fourth-order valence-corrected chi connectivity index (χ4v) is 10.2. The van der Waals surface area contributed by atoms with Gasteiger partial charge in [-0.3, -0.25) is 19.0 Å². The number of aryl methyl sites for hydroxylation is 1. The van der Waals surface area contributed by atoms with E-state index in [1.165, 1.54) is 10.8 Å². The molecule has 0 aliphatic carbocycles. The normalized spacial score (nSPS) is 12.5. The van der Waals surface area contributed by atoms with Crippen molar-refractivity contribution in [1.82, 2.24) is 29.4 Å². The second-order valence-electron chi connectivity index (χ2n) is 10.2. The molecule has 0 aliphatic rings. The number of hydrogen-bond donors (Lipinski definition) is 1. The van der Waals surface area contributed by atoms with Gasteiger partial charge in [0, 0.05) is 70.0 Å². The van der Waals surface area contributed by atoms with Crippen LogP contribution in [-0.2, 0) is 39.6 Å². The number of nitrogens with one attached hydrogen (secondary N) is 1. The van der Waals surface area contributed by atoms with E-state index in [2.05, 4.69) is 20.2 Å². The van der Waals surface area contributed by atoms with Crippen molar-refractivity contribution in [3.8, 4) is 0 Å². The Morgan fingerprint density at radius 2 is 1.23 bits per heavy atom. The quantitative estimate of drug-likeness (QED) is 0.157. The van der Waals surface area contributed by atoms with E-state index < -0.39 is 23.3 Å². The molecule has 0 aliphatic heterocycles. The van der Waals surface area contributed by atoms with Crippen LogP contribution in [0.4, 0.5) is 0 Å². The van der Waals surface area contributed by atoms with E-state index >= 15 is 0 Å². The van der Waals surface area contributed by atoms with Crippen molar-refractivity contribution < 1.29 is 26.6 Å². The predicted octanol–water partition coefficient (Wildman–Crippen LogP) is 2.66. The molecule has 0 amide bonds. The third kappa shape index (κ3) is 12.4. The van der Waals surface area contributed by atoms with Gasteiger partial charge in [-0.2, -0.15) is 0 Å². The van der Waals surface area contributed by atoms with Gasteiger partial charge in [-0.25, -0.2) is 4.79 Å². The zero-order valence-electron chi connectivity index (χ0n) is 27.8. The zero-order chi connectivity index (χ0) is 32.4. The van der Waals surface area contributed by atoms with Crippen LogP contribution in [0.1, 0.15) is 65.6 Å². The predicted molar refractivity (Wildman–Crippen MR) is 172 cm³/mol. The molecule has 0 fully saturated rings. The molecular formula is C28H54N6O8Si2. The molecule has 0 spiro atoms. The van der Waals surface area contributed by atoms with Gasteiger partial charge < -0.3 is 31.5 Å². The monoisotopic (exact) mass is 658 g/mol. The second-order valence-corrected chi connectivity index (χ2v) is 15.6. The van der Waals surface area contributed by atoms with Gasteiger partial charge in [0.15, 0.2) is 0 Å². The lowest BCUT2D eigenvalue weighted by atomic mass is 10.3. The highest BCUT2D eigenvalue weighted by molar-refractivity contribution is 6.61. The fraction of sp³-hybridized carbons (Fsp3) is 0.786. The highest BCUT2D eigenvalue weighted by Gasteiger charge is 2.41. The van der Waals surface area contributed by atoms with E-state index in [1.54, 1.807) is 11.6 Å². The Kier molecular flexibility index (Phi) is 17.5. The van der Waals surface area contributed by atoms with E-state index in [4.69, 9.17) is 26.6 Å². The van der Waals surface area contributed by atoms with Gasteiger partial charge in [-0.1, -0.05) is 5.21 Å². The number of H-pyrrole nitrogens is 1. The molecule has 0 atom stereocenters. The third-order valence-electron chi connectivity index (χ3n) is 6.85. The molecule has 2 aromatic heterocycles. The van der Waals surface area contributed by atoms with Crippen molar-refractivity contribution in [3.63, 3.8) is 0 Å². The Bertz CT molecular complexity index is 1130. The maximum atomic E-state index is 12.2. The Morgan fingerprint density at radius 1 is 0.750 bits per heavy atom. The first kappa shape index (κ1) is 38.2. The SMILES string of the molecule is CCO[Si](CCCN(CCC[Si](OCC)(OCC)OCC)CCn1cc(Cn2cc(C)c(=O)[nH]c2=O)nn1)(OCC)OCC. The Balaban J connectivity index is 2.11. The Morgan fingerprint density at radius 3 is 1.68 bits per heavy atom. The number of aromatic amines is 1. The first-order valence-electron chi connectivity index (χ1n) is 15.9. The maximum absolute atomic E-state index is 12.2. The molecule has 0 saturated carbocycles. The number of aromatic nitrogens is 5. The maximum Gasteiger partial charge on any atom is 0.500 e. The second kappa shape index (κ2) is 20.2. The fourth-order valence-electron chi connectivity index (χ4n) is 5.05. The summed E-state index contributed by atoms with van der Waals surface area (Å²) in [4.78, 5) is 28.6. The molecule has 44 heavy (non-hydrogen) atoms. The van der Waals surface area contributed by atoms with Gasteiger partial charge in [0.05, 0.1) is 19.3 Å². The first-order valence-corrected chi connectivity index (χ1v) is 19.8. The molecule has 2 rings (SSSR count). The molecule has 2 heterocycles. The topological polar surface area (TPSA) is 144 Å². The molecule has 0 aromatic carbocycles. The van der Waals surface area contributed by atoms with E-state index in [0.717, 1.165) is 44.6 Å². The number of rotatable bonds is 25. The summed E-state index contributed by atoms with van der Waals surface area (Å²) < 4.78 is 39.6. The van der Waals surface area contributed by atoms with Crippen molar-refractivity contribution in [3.05, 3.63) is 44.5 Å². The smallest absolute Gasteiger partial charge is 0.374 e. The Hall–Kier alpha value is -2.03. The number of nitrogens with zero attached hydrogens (tertiary/aromatic N) is 5. The molecule has 16 heteroatoms. The summed E-state index contributed by atoms with van der Waals surface area (Å²) in [5.74, 6) is 0. The molecule has 0 radical (unpaired) electrons. The number of hydrogen-bond acceptors (Lipinski definition) is 11. The van der Waals surface area contributed by atoms with Crippen LogP contribution >= 0.6 is 0 Å². The van der Waals surface area contributed by atoms with E-state index in [-0.39, 0.29) is 12.1 Å². The molecule has 0 bridgehead atoms. The van der Waals surface area contributed by atoms with Crippen LogP contribution in [0.5, 0.6) is 0 Å². The minimum Gasteiger partial charge on any atom is -0.374 e. The van der Waals surface area contributed by atoms with E-state index in [9.17, 15) is 9.59 Å². The van der Waals surface area contributed by atoms with Gasteiger partial charge in [0.1, 0.15) is 5.69 Å². The van der Waals surface area contributed by atoms with Crippen molar-refractivity contribution in [2.75, 3.05) is 59.3 Å². The van der Waals surface area contributed by atoms with Crippen molar-refractivity contribution in [2.45, 2.75) is 86.5 Å². The van der Waals surface area contributed by atoms with E-state index in [0.29, 0.717) is 57.4 Å². The summed E-state index contributed by atoms with van der Waals surface area (Å²) in [6.07, 6.45) is 5.08. The lowest BCUT2D eigenvalue weighted by Crippen LogP contribution is -2.47. The molecular weight excluding hydrogens is 605 g/mol. The van der Waals surface area contributed by atoms with Crippen LogP contribution in [0.2, 0.25) is 12.1 Å². The lowest BCUT2D eigenvalue weighted by molar-refractivity contribution is 0.0691. The van der Waals surface area contributed by atoms with Crippen LogP contribution in [0.25, 0.3) is 0 Å². The van der Waals surface area contributed by atoms with Crippen molar-refractivity contribution in [1.29, 1.82) is 0 Å². The highest BCUT2D eigenvalue weighted by Crippen LogP contribution is 2.21. The molecule has 0 unspecified atom stereocenters. The van der Waals surface area contributed by atoms with E-state index in [1.807, 2.05) is 47.7 Å². The van der Waals surface area contributed by atoms with Crippen LogP contribution in [0, 0.1) is 6.92 Å². The van der Waals surface area contributed by atoms with Crippen LogP contribution in [0.3, 0.4) is 0 Å². The van der Waals surface area contributed by atoms with Gasteiger partial charge in [0.25, 0.3) is 5.56 Å². The third-order valence-corrected chi connectivity index (χ3v) is 13.2. The lowest BCUT2D eigenvalue weighted by Gasteiger charge is -2.31. The first-order chi connectivity index (χ1) is 21.2. The summed E-state index contributed by atoms with van der Waals surface area (Å²) in [7, 11) is -5.49. The molecule has 1 N–H and O–H groups in total. The Labute approximate surface area is 263 Å². The molecule has 0 saturated heterocycles. The van der Waals surface area contributed by atoms with Crippen LogP contribution in [0.15, 0.2) is 22.0 Å². The van der Waals surface area contributed by atoms with Crippen LogP contribution in [-0.4, -0.2) is 106 Å². The van der Waals surface area contributed by atoms with Crippen LogP contribution < -0.4 is 11.2 Å². The molecule has 252 valence electrons. The van der Waals surface area contributed by atoms with Gasteiger partial charge in [-0.05, 0) is 74.4 Å². The largest absolute Gasteiger partial charge is 0.500 e. The van der Waals surface area contributed by atoms with Crippen molar-refractivity contribution in [2.24, 2.45) is 0 Å². The summed E-state index contributed by atoms with van der Waals surface area (Å²) in [5, 5.41) is 8.53. The summed E-state index contributed by atoms with van der Waals surface area (Å²) in [6, 6.07) is 1.46. The summed E-state index contributed by atoms with van der Waals surface area (Å²) >= 11 is 0. The average molecular weight is 659 g/mol. The zero-order valence-corrected chi connectivity index (χ0v) is 29.8. The molecule has 14 nitrogen and oxygen atoms in total. The van der Waals surface area contributed by atoms with Gasteiger partial charge in [0.2, 0.25) is 0 Å². The minimum atomic E-state index is -2.75. The van der Waals surface area contributed by atoms with Crippen molar-refractivity contribution >= 4 is 17.6 Å². The minimum absolute atomic E-state index is 0.220. The highest BCUT2D eigenvalue weighted by atomic mass is 28.4. The average Bonchev–Trinajstić information content (AvgIpc) is 3.42. The summed E-state index contributed by atoms with van der Waals surface area (Å²) in [6.45, 7) is 20.0. The van der Waals surface area contributed by atoms with Gasteiger partial charge in [-0.15, -0.1) is 5.10 Å².